The van der Waals surface area contributed by atoms with Gasteiger partial charge in [0.2, 0.25) is 0 Å². The van der Waals surface area contributed by atoms with E-state index in [-0.39, 0.29) is 17.7 Å². The van der Waals surface area contributed by atoms with Gasteiger partial charge in [0.1, 0.15) is 17.2 Å². The number of ether oxygens (including phenoxy) is 3. The Kier molecular flexibility index (Phi) is 6.97. The van der Waals surface area contributed by atoms with Crippen molar-refractivity contribution in [3.8, 4) is 17.2 Å². The maximum Gasteiger partial charge on any atom is 0.387 e. The molecular formula is C22H27F2N3O3. The predicted molar refractivity (Wildman–Crippen MR) is 112 cm³/mol. The Morgan fingerprint density at radius 2 is 1.83 bits per heavy atom. The fourth-order valence-electron chi connectivity index (χ4n) is 3.46. The summed E-state index contributed by atoms with van der Waals surface area (Å²) in [6, 6.07) is 12.7. The Morgan fingerprint density at radius 3 is 2.47 bits per heavy atom. The summed E-state index contributed by atoms with van der Waals surface area (Å²) in [6.45, 7) is -1.96. The predicted octanol–water partition coefficient (Wildman–Crippen LogP) is 3.70. The average Bonchev–Trinajstić information content (AvgIpc) is 3.55. The smallest absolute Gasteiger partial charge is 0.387 e. The fraction of sp³-hybridized carbons (Fsp3) is 0.409. The lowest BCUT2D eigenvalue weighted by Gasteiger charge is -2.21. The molecule has 1 fully saturated rings. The zero-order valence-corrected chi connectivity index (χ0v) is 17.4. The van der Waals surface area contributed by atoms with Crippen LogP contribution in [0.15, 0.2) is 47.5 Å². The first-order valence-electron chi connectivity index (χ1n) is 9.71. The molecule has 30 heavy (non-hydrogen) atoms. The van der Waals surface area contributed by atoms with Crippen LogP contribution in [0.2, 0.25) is 0 Å². The van der Waals surface area contributed by atoms with Crippen molar-refractivity contribution in [3.63, 3.8) is 0 Å². The molecule has 0 aromatic heterocycles. The normalized spacial score (nSPS) is 14.9. The number of nitrogens with zero attached hydrogens (tertiary/aromatic N) is 1. The van der Waals surface area contributed by atoms with Gasteiger partial charge in [0.05, 0.1) is 14.2 Å². The highest BCUT2D eigenvalue weighted by Gasteiger charge is 2.46. The van der Waals surface area contributed by atoms with Crippen molar-refractivity contribution in [2.24, 2.45) is 4.99 Å². The molecule has 1 saturated carbocycles. The Hall–Kier alpha value is -3.03. The van der Waals surface area contributed by atoms with Gasteiger partial charge in [0.25, 0.3) is 0 Å². The lowest BCUT2D eigenvalue weighted by Crippen LogP contribution is -2.41. The molecule has 0 saturated heterocycles. The molecule has 0 unspecified atom stereocenters. The molecule has 2 aromatic rings. The van der Waals surface area contributed by atoms with Crippen LogP contribution in [0.25, 0.3) is 0 Å². The fourth-order valence-corrected chi connectivity index (χ4v) is 3.46. The van der Waals surface area contributed by atoms with E-state index in [2.05, 4.69) is 26.4 Å². The van der Waals surface area contributed by atoms with Crippen molar-refractivity contribution in [1.29, 1.82) is 0 Å². The first kappa shape index (κ1) is 21.7. The van der Waals surface area contributed by atoms with Crippen LogP contribution in [0.3, 0.4) is 0 Å². The van der Waals surface area contributed by atoms with Crippen LogP contribution in [0.1, 0.15) is 24.0 Å². The number of nitrogens with one attached hydrogen (secondary N) is 2. The third-order valence-corrected chi connectivity index (χ3v) is 5.28. The minimum atomic E-state index is -2.90. The van der Waals surface area contributed by atoms with Crippen molar-refractivity contribution in [2.45, 2.75) is 31.4 Å². The maximum atomic E-state index is 12.7. The standard InChI is InChI=1S/C22H27F2N3O3/c1-25-21(26-13-15-12-16(28-2)8-9-18(15)30-20(23)24)27-14-22(10-11-22)17-6-4-5-7-19(17)29-3/h4-9,12,20H,10-11,13-14H2,1-3H3,(H2,25,26,27). The lowest BCUT2D eigenvalue weighted by molar-refractivity contribution is -0.0505. The van der Waals surface area contributed by atoms with Gasteiger partial charge in [0.15, 0.2) is 5.96 Å². The molecule has 162 valence electrons. The van der Waals surface area contributed by atoms with E-state index < -0.39 is 6.61 Å². The second kappa shape index (κ2) is 9.65. The van der Waals surface area contributed by atoms with Crippen molar-refractivity contribution in [3.05, 3.63) is 53.6 Å². The van der Waals surface area contributed by atoms with Crippen molar-refractivity contribution >= 4 is 5.96 Å². The largest absolute Gasteiger partial charge is 0.497 e. The van der Waals surface area contributed by atoms with E-state index in [0.29, 0.717) is 23.8 Å². The number of halogens is 2. The van der Waals surface area contributed by atoms with Crippen LogP contribution in [-0.2, 0) is 12.0 Å². The van der Waals surface area contributed by atoms with Crippen LogP contribution in [0.4, 0.5) is 8.78 Å². The van der Waals surface area contributed by atoms with Crippen molar-refractivity contribution in [1.82, 2.24) is 10.6 Å². The summed E-state index contributed by atoms with van der Waals surface area (Å²) < 4.78 is 40.7. The molecular weight excluding hydrogens is 392 g/mol. The van der Waals surface area contributed by atoms with Crippen LogP contribution >= 0.6 is 0 Å². The summed E-state index contributed by atoms with van der Waals surface area (Å²) in [7, 11) is 4.86. The maximum absolute atomic E-state index is 12.7. The minimum absolute atomic E-state index is 0.00410. The monoisotopic (exact) mass is 419 g/mol. The minimum Gasteiger partial charge on any atom is -0.497 e. The van der Waals surface area contributed by atoms with E-state index in [1.807, 2.05) is 18.2 Å². The summed E-state index contributed by atoms with van der Waals surface area (Å²) >= 11 is 0. The topological polar surface area (TPSA) is 64.1 Å². The Balaban J connectivity index is 1.65. The molecule has 0 heterocycles. The summed E-state index contributed by atoms with van der Waals surface area (Å²) in [4.78, 5) is 4.25. The Labute approximate surface area is 175 Å². The van der Waals surface area contributed by atoms with Crippen LogP contribution < -0.4 is 24.8 Å². The lowest BCUT2D eigenvalue weighted by atomic mass is 9.95. The van der Waals surface area contributed by atoms with E-state index in [1.165, 1.54) is 18.7 Å². The van der Waals surface area contributed by atoms with Crippen LogP contribution in [0.5, 0.6) is 17.2 Å². The van der Waals surface area contributed by atoms with Gasteiger partial charge in [-0.1, -0.05) is 18.2 Å². The van der Waals surface area contributed by atoms with Gasteiger partial charge in [-0.15, -0.1) is 0 Å². The molecule has 0 spiro atoms. The highest BCUT2D eigenvalue weighted by Crippen LogP contribution is 2.50. The van der Waals surface area contributed by atoms with E-state index >= 15 is 0 Å². The van der Waals surface area contributed by atoms with Crippen molar-refractivity contribution in [2.75, 3.05) is 27.8 Å². The van der Waals surface area contributed by atoms with Gasteiger partial charge in [0, 0.05) is 36.7 Å². The third kappa shape index (κ3) is 5.11. The number of rotatable bonds is 9. The molecule has 0 bridgehead atoms. The molecule has 1 aliphatic carbocycles. The number of hydrogen-bond donors (Lipinski definition) is 2. The highest BCUT2D eigenvalue weighted by molar-refractivity contribution is 5.80. The van der Waals surface area contributed by atoms with Gasteiger partial charge in [-0.2, -0.15) is 8.78 Å². The molecule has 1 aliphatic rings. The van der Waals surface area contributed by atoms with Crippen molar-refractivity contribution < 1.29 is 23.0 Å². The summed E-state index contributed by atoms with van der Waals surface area (Å²) in [6.07, 6.45) is 2.11. The second-order valence-corrected chi connectivity index (χ2v) is 7.11. The third-order valence-electron chi connectivity index (χ3n) is 5.28. The van der Waals surface area contributed by atoms with Gasteiger partial charge < -0.3 is 24.8 Å². The van der Waals surface area contributed by atoms with Gasteiger partial charge in [-0.25, -0.2) is 0 Å². The first-order valence-corrected chi connectivity index (χ1v) is 9.71. The molecule has 2 aromatic carbocycles. The van der Waals surface area contributed by atoms with Crippen LogP contribution in [-0.4, -0.2) is 40.4 Å². The van der Waals surface area contributed by atoms with E-state index in [1.54, 1.807) is 26.3 Å². The second-order valence-electron chi connectivity index (χ2n) is 7.11. The summed E-state index contributed by atoms with van der Waals surface area (Å²) in [5.41, 5.74) is 1.73. The number of methoxy groups -OCH3 is 2. The summed E-state index contributed by atoms with van der Waals surface area (Å²) in [5.74, 6) is 2.11. The number of hydrogen-bond acceptors (Lipinski definition) is 4. The number of guanidine groups is 1. The van der Waals surface area contributed by atoms with Gasteiger partial charge in [-0.3, -0.25) is 4.99 Å². The number of para-hydroxylation sites is 1. The number of benzene rings is 2. The molecule has 0 radical (unpaired) electrons. The zero-order valence-electron chi connectivity index (χ0n) is 17.4. The van der Waals surface area contributed by atoms with E-state index in [9.17, 15) is 8.78 Å². The zero-order chi connectivity index (χ0) is 21.6. The molecule has 6 nitrogen and oxygen atoms in total. The highest BCUT2D eigenvalue weighted by atomic mass is 19.3. The molecule has 0 atom stereocenters. The molecule has 3 rings (SSSR count). The number of aliphatic imine (C=N–C) groups is 1. The summed E-state index contributed by atoms with van der Waals surface area (Å²) in [5, 5.41) is 6.50. The SMILES string of the molecule is CN=C(NCc1cc(OC)ccc1OC(F)F)NCC1(c2ccccc2OC)CC1. The quantitative estimate of drug-likeness (QED) is 0.479. The number of alkyl halides is 2. The molecule has 0 aliphatic heterocycles. The molecule has 8 heteroatoms. The Morgan fingerprint density at radius 1 is 1.07 bits per heavy atom. The molecule has 0 amide bonds. The van der Waals surface area contributed by atoms with Crippen LogP contribution in [0, 0.1) is 0 Å². The average molecular weight is 419 g/mol. The molecule has 2 N–H and O–H groups in total. The van der Waals surface area contributed by atoms with E-state index in [4.69, 9.17) is 9.47 Å². The van der Waals surface area contributed by atoms with E-state index in [0.717, 1.165) is 18.6 Å². The van der Waals surface area contributed by atoms with Gasteiger partial charge >= 0.3 is 6.61 Å². The Bertz CT molecular complexity index is 886. The first-order chi connectivity index (χ1) is 14.5. The van der Waals surface area contributed by atoms with Gasteiger partial charge in [-0.05, 0) is 37.1 Å².